The molecule has 2 fully saturated rings. The summed E-state index contributed by atoms with van der Waals surface area (Å²) in [5.41, 5.74) is 1.13. The highest BCUT2D eigenvalue weighted by atomic mass is 16.2. The fraction of sp³-hybridized carbons (Fsp3) is 0.455. The van der Waals surface area contributed by atoms with Crippen LogP contribution in [0.5, 0.6) is 0 Å². The Morgan fingerprint density at radius 3 is 2.69 bits per heavy atom. The first kappa shape index (κ1) is 18.1. The van der Waals surface area contributed by atoms with E-state index in [1.807, 2.05) is 35.2 Å². The van der Waals surface area contributed by atoms with Crippen LogP contribution in [-0.2, 0) is 11.3 Å². The quantitative estimate of drug-likeness (QED) is 0.688. The van der Waals surface area contributed by atoms with Gasteiger partial charge < -0.3 is 4.90 Å². The molecule has 3 heterocycles. The predicted octanol–water partition coefficient (Wildman–Crippen LogP) is 2.62. The third-order valence-corrected chi connectivity index (χ3v) is 6.50. The average molecular weight is 391 g/mol. The standard InChI is InChI=1S/C22H25N5O2/c28-20(25-11-10-16-6-4-5-7-17(16)13-25)14-26-15-23-21-19(22(26)29)12-24-27(21)18-8-2-1-3-9-18/h1-3,8-9,12,15-17H,4-7,10-11,13-14H2/t16-,17+/m0/s1. The monoisotopic (exact) mass is 391 g/mol. The summed E-state index contributed by atoms with van der Waals surface area (Å²) in [5, 5.41) is 4.75. The number of carbonyl (C=O) groups excluding carboxylic acids is 1. The molecule has 2 aliphatic rings. The Labute approximate surface area is 169 Å². The molecular formula is C22H25N5O2. The molecule has 7 nitrogen and oxygen atoms in total. The van der Waals surface area contributed by atoms with Crippen LogP contribution in [0, 0.1) is 11.8 Å². The molecule has 0 N–H and O–H groups in total. The van der Waals surface area contributed by atoms with Crippen molar-refractivity contribution in [2.75, 3.05) is 13.1 Å². The Hall–Kier alpha value is -2.96. The van der Waals surface area contributed by atoms with E-state index in [-0.39, 0.29) is 18.0 Å². The number of benzene rings is 1. The minimum atomic E-state index is -0.224. The van der Waals surface area contributed by atoms with Crippen LogP contribution in [0.3, 0.4) is 0 Å². The van der Waals surface area contributed by atoms with Gasteiger partial charge in [-0.05, 0) is 36.8 Å². The highest BCUT2D eigenvalue weighted by Gasteiger charge is 2.33. The summed E-state index contributed by atoms with van der Waals surface area (Å²) in [4.78, 5) is 32.2. The van der Waals surface area contributed by atoms with Crippen LogP contribution in [0.15, 0.2) is 47.7 Å². The summed E-state index contributed by atoms with van der Waals surface area (Å²) in [6, 6.07) is 9.59. The van der Waals surface area contributed by atoms with Gasteiger partial charge in [0.2, 0.25) is 5.91 Å². The Morgan fingerprint density at radius 1 is 1.07 bits per heavy atom. The van der Waals surface area contributed by atoms with Gasteiger partial charge in [0.25, 0.3) is 5.56 Å². The van der Waals surface area contributed by atoms with Crippen molar-refractivity contribution in [2.24, 2.45) is 11.8 Å². The highest BCUT2D eigenvalue weighted by Crippen LogP contribution is 2.36. The number of para-hydroxylation sites is 1. The molecule has 0 bridgehead atoms. The van der Waals surface area contributed by atoms with E-state index >= 15 is 0 Å². The summed E-state index contributed by atoms with van der Waals surface area (Å²) in [6.07, 6.45) is 9.22. The number of hydrogen-bond acceptors (Lipinski definition) is 4. The molecule has 2 aromatic heterocycles. The van der Waals surface area contributed by atoms with Gasteiger partial charge in [-0.1, -0.05) is 37.5 Å². The number of rotatable bonds is 3. The zero-order valence-electron chi connectivity index (χ0n) is 16.4. The van der Waals surface area contributed by atoms with Gasteiger partial charge in [0.1, 0.15) is 18.3 Å². The van der Waals surface area contributed by atoms with Crippen LogP contribution in [0.25, 0.3) is 16.7 Å². The van der Waals surface area contributed by atoms with E-state index in [2.05, 4.69) is 10.1 Å². The van der Waals surface area contributed by atoms with Gasteiger partial charge in [0.05, 0.1) is 11.9 Å². The molecule has 1 aliphatic carbocycles. The highest BCUT2D eigenvalue weighted by molar-refractivity contribution is 5.78. The molecule has 3 aromatic rings. The zero-order chi connectivity index (χ0) is 19.8. The van der Waals surface area contributed by atoms with E-state index < -0.39 is 0 Å². The number of piperidine rings is 1. The van der Waals surface area contributed by atoms with Crippen molar-refractivity contribution in [3.63, 3.8) is 0 Å². The fourth-order valence-electron chi connectivity index (χ4n) is 4.89. The van der Waals surface area contributed by atoms with E-state index in [0.29, 0.717) is 17.0 Å². The minimum absolute atomic E-state index is 0.00715. The normalized spacial score (nSPS) is 21.9. The number of nitrogens with zero attached hydrogens (tertiary/aromatic N) is 5. The van der Waals surface area contributed by atoms with Crippen molar-refractivity contribution in [2.45, 2.75) is 38.6 Å². The maximum atomic E-state index is 12.9. The second-order valence-electron chi connectivity index (χ2n) is 8.24. The lowest BCUT2D eigenvalue weighted by atomic mass is 9.75. The van der Waals surface area contributed by atoms with E-state index in [9.17, 15) is 9.59 Å². The van der Waals surface area contributed by atoms with Crippen molar-refractivity contribution in [1.82, 2.24) is 24.2 Å². The second kappa shape index (κ2) is 7.46. The largest absolute Gasteiger partial charge is 0.341 e. The number of fused-ring (bicyclic) bond motifs is 2. The summed E-state index contributed by atoms with van der Waals surface area (Å²) in [5.74, 6) is 1.41. The number of carbonyl (C=O) groups is 1. The molecule has 1 saturated carbocycles. The lowest BCUT2D eigenvalue weighted by Gasteiger charge is -2.41. The van der Waals surface area contributed by atoms with Crippen molar-refractivity contribution in [3.8, 4) is 5.69 Å². The molecule has 0 radical (unpaired) electrons. The number of aromatic nitrogens is 4. The van der Waals surface area contributed by atoms with Crippen LogP contribution in [0.2, 0.25) is 0 Å². The van der Waals surface area contributed by atoms with Crippen LogP contribution in [-0.4, -0.2) is 43.2 Å². The topological polar surface area (TPSA) is 73.0 Å². The molecule has 1 aromatic carbocycles. The van der Waals surface area contributed by atoms with Crippen molar-refractivity contribution < 1.29 is 4.79 Å². The molecule has 7 heteroatoms. The smallest absolute Gasteiger partial charge is 0.264 e. The molecule has 1 aliphatic heterocycles. The lowest BCUT2D eigenvalue weighted by molar-refractivity contribution is -0.135. The first-order chi connectivity index (χ1) is 14.2. The average Bonchev–Trinajstić information content (AvgIpc) is 3.21. The zero-order valence-corrected chi connectivity index (χ0v) is 16.4. The maximum absolute atomic E-state index is 12.9. The molecular weight excluding hydrogens is 366 g/mol. The third kappa shape index (κ3) is 3.34. The van der Waals surface area contributed by atoms with Crippen LogP contribution in [0.4, 0.5) is 0 Å². The molecule has 0 spiro atoms. The number of likely N-dealkylation sites (tertiary alicyclic amines) is 1. The van der Waals surface area contributed by atoms with Gasteiger partial charge in [-0.15, -0.1) is 0 Å². The SMILES string of the molecule is O=C(Cn1cnc2c(cnn2-c2ccccc2)c1=O)N1CC[C@@H]2CCCC[C@@H]2C1. The fourth-order valence-corrected chi connectivity index (χ4v) is 4.89. The molecule has 29 heavy (non-hydrogen) atoms. The predicted molar refractivity (Wildman–Crippen MR) is 110 cm³/mol. The number of hydrogen-bond donors (Lipinski definition) is 0. The third-order valence-electron chi connectivity index (χ3n) is 6.50. The first-order valence-corrected chi connectivity index (χ1v) is 10.5. The van der Waals surface area contributed by atoms with Crippen molar-refractivity contribution in [1.29, 1.82) is 0 Å². The molecule has 5 rings (SSSR count). The Bertz CT molecular complexity index is 1090. The Balaban J connectivity index is 1.36. The van der Waals surface area contributed by atoms with Gasteiger partial charge in [0, 0.05) is 13.1 Å². The molecule has 0 unspecified atom stereocenters. The van der Waals surface area contributed by atoms with Crippen LogP contribution < -0.4 is 5.56 Å². The van der Waals surface area contributed by atoms with Gasteiger partial charge in [-0.25, -0.2) is 9.67 Å². The van der Waals surface area contributed by atoms with Crippen LogP contribution >= 0.6 is 0 Å². The van der Waals surface area contributed by atoms with Gasteiger partial charge >= 0.3 is 0 Å². The van der Waals surface area contributed by atoms with Gasteiger partial charge in [-0.3, -0.25) is 14.2 Å². The van der Waals surface area contributed by atoms with Crippen molar-refractivity contribution >= 4 is 16.9 Å². The first-order valence-electron chi connectivity index (χ1n) is 10.5. The summed E-state index contributed by atoms with van der Waals surface area (Å²) >= 11 is 0. The maximum Gasteiger partial charge on any atom is 0.264 e. The number of amides is 1. The molecule has 2 atom stereocenters. The Kier molecular flexibility index (Phi) is 4.66. The summed E-state index contributed by atoms with van der Waals surface area (Å²) < 4.78 is 3.06. The molecule has 1 amide bonds. The Morgan fingerprint density at radius 2 is 1.86 bits per heavy atom. The van der Waals surface area contributed by atoms with E-state index in [1.165, 1.54) is 42.8 Å². The lowest BCUT2D eigenvalue weighted by Crippen LogP contribution is -2.46. The summed E-state index contributed by atoms with van der Waals surface area (Å²) in [6.45, 7) is 1.67. The van der Waals surface area contributed by atoms with E-state index in [0.717, 1.165) is 31.1 Å². The molecule has 1 saturated heterocycles. The van der Waals surface area contributed by atoms with E-state index in [1.54, 1.807) is 4.68 Å². The van der Waals surface area contributed by atoms with E-state index in [4.69, 9.17) is 0 Å². The van der Waals surface area contributed by atoms with Crippen molar-refractivity contribution in [3.05, 3.63) is 53.2 Å². The van der Waals surface area contributed by atoms with Gasteiger partial charge in [-0.2, -0.15) is 5.10 Å². The summed E-state index contributed by atoms with van der Waals surface area (Å²) in [7, 11) is 0. The second-order valence-corrected chi connectivity index (χ2v) is 8.24. The minimum Gasteiger partial charge on any atom is -0.341 e. The van der Waals surface area contributed by atoms with Crippen LogP contribution in [0.1, 0.15) is 32.1 Å². The molecule has 150 valence electrons. The van der Waals surface area contributed by atoms with Gasteiger partial charge in [0.15, 0.2) is 5.65 Å².